The number of carbonyl (C=O) groups excluding carboxylic acids is 3. The van der Waals surface area contributed by atoms with Crippen LogP contribution in [0, 0.1) is 5.92 Å². The van der Waals surface area contributed by atoms with Crippen molar-refractivity contribution in [3.8, 4) is 0 Å². The maximum Gasteiger partial charge on any atom is 0.277 e. The van der Waals surface area contributed by atoms with E-state index in [0.29, 0.717) is 23.7 Å². The van der Waals surface area contributed by atoms with E-state index in [4.69, 9.17) is 0 Å². The van der Waals surface area contributed by atoms with E-state index >= 15 is 0 Å². The first-order valence-electron chi connectivity index (χ1n) is 8.56. The minimum Gasteiger partial charge on any atom is -0.352 e. The Hall–Kier alpha value is -3.23. The lowest BCUT2D eigenvalue weighted by Crippen LogP contribution is -2.28. The second-order valence-electron chi connectivity index (χ2n) is 6.69. The lowest BCUT2D eigenvalue weighted by Gasteiger charge is -2.12. The summed E-state index contributed by atoms with van der Waals surface area (Å²) in [7, 11) is 3.27. The highest BCUT2D eigenvalue weighted by Crippen LogP contribution is 2.16. The van der Waals surface area contributed by atoms with E-state index in [0.717, 1.165) is 0 Å². The minimum atomic E-state index is -0.511. The molecule has 0 aliphatic heterocycles. The molecule has 0 saturated carbocycles. The predicted octanol–water partition coefficient (Wildman–Crippen LogP) is 1.00. The topological polar surface area (TPSA) is 109 Å². The lowest BCUT2D eigenvalue weighted by molar-refractivity contribution is -0.129. The third kappa shape index (κ3) is 5.63. The Bertz CT molecular complexity index is 828. The predicted molar refractivity (Wildman–Crippen MR) is 100 cm³/mol. The van der Waals surface area contributed by atoms with Crippen LogP contribution in [0.2, 0.25) is 0 Å². The maximum absolute atomic E-state index is 12.4. The largest absolute Gasteiger partial charge is 0.352 e. The second-order valence-corrected chi connectivity index (χ2v) is 6.69. The van der Waals surface area contributed by atoms with Gasteiger partial charge in [0.1, 0.15) is 6.54 Å². The average molecular weight is 372 g/mol. The van der Waals surface area contributed by atoms with Crippen LogP contribution in [-0.4, -0.2) is 58.3 Å². The number of benzene rings is 1. The molecule has 9 nitrogen and oxygen atoms in total. The summed E-state index contributed by atoms with van der Waals surface area (Å²) in [6.07, 6.45) is 1.39. The van der Waals surface area contributed by atoms with E-state index < -0.39 is 5.91 Å². The van der Waals surface area contributed by atoms with E-state index in [9.17, 15) is 14.4 Å². The van der Waals surface area contributed by atoms with Crippen LogP contribution in [0.5, 0.6) is 0 Å². The first-order valence-corrected chi connectivity index (χ1v) is 8.56. The van der Waals surface area contributed by atoms with Crippen molar-refractivity contribution in [2.24, 2.45) is 5.92 Å². The SMILES string of the molecule is CC(C)CNC(=O)c1ccccc1NC(=O)c1cn(CC(=O)N(C)C)nn1. The number of aromatic nitrogens is 3. The smallest absolute Gasteiger partial charge is 0.277 e. The molecule has 0 aliphatic rings. The van der Waals surface area contributed by atoms with E-state index in [1.807, 2.05) is 13.8 Å². The quantitative estimate of drug-likeness (QED) is 0.754. The van der Waals surface area contributed by atoms with Gasteiger partial charge in [0, 0.05) is 20.6 Å². The molecule has 0 bridgehead atoms. The van der Waals surface area contributed by atoms with Gasteiger partial charge in [0.05, 0.1) is 17.4 Å². The van der Waals surface area contributed by atoms with Gasteiger partial charge in [-0.3, -0.25) is 14.4 Å². The van der Waals surface area contributed by atoms with Crippen molar-refractivity contribution in [1.82, 2.24) is 25.2 Å². The molecule has 2 rings (SSSR count). The molecule has 0 spiro atoms. The summed E-state index contributed by atoms with van der Waals surface area (Å²) in [5.41, 5.74) is 0.795. The van der Waals surface area contributed by atoms with Crippen LogP contribution >= 0.6 is 0 Å². The molecular formula is C18H24N6O3. The zero-order valence-corrected chi connectivity index (χ0v) is 15.9. The number of hydrogen-bond donors (Lipinski definition) is 2. The van der Waals surface area contributed by atoms with E-state index in [1.54, 1.807) is 38.4 Å². The fourth-order valence-electron chi connectivity index (χ4n) is 2.13. The van der Waals surface area contributed by atoms with Crippen molar-refractivity contribution in [3.63, 3.8) is 0 Å². The van der Waals surface area contributed by atoms with Crippen molar-refractivity contribution in [2.45, 2.75) is 20.4 Å². The number of hydrogen-bond acceptors (Lipinski definition) is 5. The van der Waals surface area contributed by atoms with Gasteiger partial charge in [0.25, 0.3) is 11.8 Å². The number of nitrogens with zero attached hydrogens (tertiary/aromatic N) is 4. The number of rotatable bonds is 7. The van der Waals surface area contributed by atoms with Crippen LogP contribution in [0.3, 0.4) is 0 Å². The summed E-state index contributed by atoms with van der Waals surface area (Å²) < 4.78 is 1.29. The number of amides is 3. The Morgan fingerprint density at radius 2 is 1.85 bits per heavy atom. The summed E-state index contributed by atoms with van der Waals surface area (Å²) in [6, 6.07) is 6.73. The third-order valence-corrected chi connectivity index (χ3v) is 3.66. The number of para-hydroxylation sites is 1. The summed E-state index contributed by atoms with van der Waals surface area (Å²) in [6.45, 7) is 4.52. The molecule has 1 heterocycles. The van der Waals surface area contributed by atoms with Crippen LogP contribution in [0.15, 0.2) is 30.5 Å². The van der Waals surface area contributed by atoms with Gasteiger partial charge in [-0.1, -0.05) is 31.2 Å². The molecule has 0 aliphatic carbocycles. The van der Waals surface area contributed by atoms with Crippen molar-refractivity contribution < 1.29 is 14.4 Å². The van der Waals surface area contributed by atoms with Gasteiger partial charge in [-0.25, -0.2) is 4.68 Å². The summed E-state index contributed by atoms with van der Waals surface area (Å²) in [5.74, 6) is -0.628. The molecule has 0 fully saturated rings. The zero-order chi connectivity index (χ0) is 20.0. The number of nitrogens with one attached hydrogen (secondary N) is 2. The van der Waals surface area contributed by atoms with E-state index in [2.05, 4.69) is 20.9 Å². The Morgan fingerprint density at radius 1 is 1.15 bits per heavy atom. The van der Waals surface area contributed by atoms with Gasteiger partial charge in [-0.05, 0) is 18.1 Å². The van der Waals surface area contributed by atoms with Crippen molar-refractivity contribution >= 4 is 23.4 Å². The third-order valence-electron chi connectivity index (χ3n) is 3.66. The minimum absolute atomic E-state index is 0.0124. The monoisotopic (exact) mass is 372 g/mol. The summed E-state index contributed by atoms with van der Waals surface area (Å²) in [4.78, 5) is 37.9. The molecule has 27 heavy (non-hydrogen) atoms. The van der Waals surface area contributed by atoms with Crippen LogP contribution in [0.25, 0.3) is 0 Å². The fourth-order valence-corrected chi connectivity index (χ4v) is 2.13. The molecule has 1 aromatic heterocycles. The van der Waals surface area contributed by atoms with Crippen molar-refractivity contribution in [2.75, 3.05) is 26.0 Å². The molecule has 2 aromatic rings. The first-order chi connectivity index (χ1) is 12.8. The van der Waals surface area contributed by atoms with Crippen molar-refractivity contribution in [1.29, 1.82) is 0 Å². The zero-order valence-electron chi connectivity index (χ0n) is 15.9. The molecule has 9 heteroatoms. The van der Waals surface area contributed by atoms with Gasteiger partial charge < -0.3 is 15.5 Å². The van der Waals surface area contributed by atoms with Crippen LogP contribution < -0.4 is 10.6 Å². The Morgan fingerprint density at radius 3 is 2.52 bits per heavy atom. The summed E-state index contributed by atoms with van der Waals surface area (Å²) in [5, 5.41) is 13.1. The van der Waals surface area contributed by atoms with Gasteiger partial charge in [-0.2, -0.15) is 0 Å². The molecule has 0 atom stereocenters. The molecule has 0 unspecified atom stereocenters. The fraction of sp³-hybridized carbons (Fsp3) is 0.389. The Kier molecular flexibility index (Phi) is 6.64. The number of likely N-dealkylation sites (N-methyl/N-ethyl adjacent to an activating group) is 1. The number of anilines is 1. The molecule has 144 valence electrons. The van der Waals surface area contributed by atoms with E-state index in [1.165, 1.54) is 15.8 Å². The van der Waals surface area contributed by atoms with Gasteiger partial charge in [-0.15, -0.1) is 5.10 Å². The highest BCUT2D eigenvalue weighted by molar-refractivity contribution is 6.08. The molecule has 2 N–H and O–H groups in total. The molecule has 1 aromatic carbocycles. The highest BCUT2D eigenvalue weighted by Gasteiger charge is 2.17. The molecule has 3 amide bonds. The van der Waals surface area contributed by atoms with Crippen molar-refractivity contribution in [3.05, 3.63) is 41.7 Å². The van der Waals surface area contributed by atoms with E-state index in [-0.39, 0.29) is 24.1 Å². The molecular weight excluding hydrogens is 348 g/mol. The average Bonchev–Trinajstić information content (AvgIpc) is 3.08. The lowest BCUT2D eigenvalue weighted by atomic mass is 10.1. The highest BCUT2D eigenvalue weighted by atomic mass is 16.2. The van der Waals surface area contributed by atoms with Crippen LogP contribution in [0.4, 0.5) is 5.69 Å². The number of carbonyl (C=O) groups is 3. The first kappa shape index (κ1) is 20.1. The summed E-state index contributed by atoms with van der Waals surface area (Å²) >= 11 is 0. The van der Waals surface area contributed by atoms with Crippen LogP contribution in [-0.2, 0) is 11.3 Å². The van der Waals surface area contributed by atoms with Gasteiger partial charge in [0.15, 0.2) is 5.69 Å². The van der Waals surface area contributed by atoms with Gasteiger partial charge in [0.2, 0.25) is 5.91 Å². The molecule has 0 saturated heterocycles. The Labute approximate surface area is 157 Å². The molecule has 0 radical (unpaired) electrons. The van der Waals surface area contributed by atoms with Gasteiger partial charge >= 0.3 is 0 Å². The standard InChI is InChI=1S/C18H24N6O3/c1-12(2)9-19-17(26)13-7-5-6-8-14(13)20-18(27)15-10-24(22-21-15)11-16(25)23(3)4/h5-8,10,12H,9,11H2,1-4H3,(H,19,26)(H,20,27). The second kappa shape index (κ2) is 8.93. The Balaban J connectivity index is 2.09. The van der Waals surface area contributed by atoms with Crippen LogP contribution in [0.1, 0.15) is 34.7 Å². The maximum atomic E-state index is 12.4. The normalized spacial score (nSPS) is 10.6.